The minimum atomic E-state index is -4.18. The summed E-state index contributed by atoms with van der Waals surface area (Å²) >= 11 is 5.97. The molecule has 1 N–H and O–H groups in total. The number of furan rings is 1. The lowest BCUT2D eigenvalue weighted by Gasteiger charge is -2.22. The van der Waals surface area contributed by atoms with E-state index < -0.39 is 36.8 Å². The molecule has 4 aromatic rings. The molecule has 2 aromatic carbocycles. The second-order valence-corrected chi connectivity index (χ2v) is 13.9. The SMILES string of the molecule is COc1cccc(OC)c1-n1c(CS(=O)(=O)[C@@H](C)[C@H](O)c2ccc(Cl)cc2S(C)(=O)=O)nnc1-c1ccc(C)o1. The van der Waals surface area contributed by atoms with Crippen molar-refractivity contribution in [1.82, 2.24) is 14.8 Å². The molecule has 4 rings (SSSR count). The number of hydrogen-bond donors (Lipinski definition) is 1. The Morgan fingerprint density at radius 1 is 1.02 bits per heavy atom. The predicted molar refractivity (Wildman–Crippen MR) is 149 cm³/mol. The molecule has 0 aliphatic carbocycles. The molecule has 11 nitrogen and oxygen atoms in total. The van der Waals surface area contributed by atoms with E-state index in [-0.39, 0.29) is 27.1 Å². The van der Waals surface area contributed by atoms with Crippen LogP contribution in [0.3, 0.4) is 0 Å². The highest BCUT2D eigenvalue weighted by molar-refractivity contribution is 7.91. The third kappa shape index (κ3) is 5.73. The molecular formula is C26H28ClN3O8S2. The van der Waals surface area contributed by atoms with Crippen molar-refractivity contribution in [2.24, 2.45) is 0 Å². The molecule has 0 saturated heterocycles. The molecule has 0 amide bonds. The number of aromatic nitrogens is 3. The van der Waals surface area contributed by atoms with Crippen molar-refractivity contribution in [3.05, 3.63) is 70.7 Å². The summed E-state index contributed by atoms with van der Waals surface area (Å²) in [6.45, 7) is 3.05. The van der Waals surface area contributed by atoms with E-state index in [0.29, 0.717) is 28.7 Å². The quantitative estimate of drug-likeness (QED) is 0.280. The Morgan fingerprint density at radius 2 is 1.68 bits per heavy atom. The number of hydrogen-bond acceptors (Lipinski definition) is 10. The fourth-order valence-corrected chi connectivity index (χ4v) is 6.79. The second-order valence-electron chi connectivity index (χ2n) is 9.11. The Morgan fingerprint density at radius 3 is 2.23 bits per heavy atom. The Labute approximate surface area is 237 Å². The zero-order valence-corrected chi connectivity index (χ0v) is 24.7. The van der Waals surface area contributed by atoms with Gasteiger partial charge in [0.25, 0.3) is 0 Å². The van der Waals surface area contributed by atoms with Crippen molar-refractivity contribution in [2.75, 3.05) is 20.5 Å². The lowest BCUT2D eigenvalue weighted by atomic mass is 10.1. The normalized spacial score (nSPS) is 13.7. The topological polar surface area (TPSA) is 151 Å². The first kappa shape index (κ1) is 29.6. The lowest BCUT2D eigenvalue weighted by Crippen LogP contribution is -2.28. The molecule has 0 aliphatic rings. The molecule has 0 radical (unpaired) electrons. The summed E-state index contributed by atoms with van der Waals surface area (Å²) in [6, 6.07) is 12.3. The minimum Gasteiger partial charge on any atom is -0.494 e. The molecule has 0 aliphatic heterocycles. The number of benzene rings is 2. The van der Waals surface area contributed by atoms with E-state index in [1.165, 1.54) is 43.9 Å². The molecule has 40 heavy (non-hydrogen) atoms. The van der Waals surface area contributed by atoms with Gasteiger partial charge in [-0.1, -0.05) is 23.7 Å². The maximum absolute atomic E-state index is 13.7. The Balaban J connectivity index is 1.83. The molecule has 2 heterocycles. The van der Waals surface area contributed by atoms with Crippen molar-refractivity contribution in [1.29, 1.82) is 0 Å². The van der Waals surface area contributed by atoms with Crippen LogP contribution in [0.5, 0.6) is 11.5 Å². The number of ether oxygens (including phenoxy) is 2. The van der Waals surface area contributed by atoms with Gasteiger partial charge in [0.1, 0.15) is 28.7 Å². The standard InChI is InChI=1S/C26H28ClN3O8S2/c1-15-9-12-21(38-15)26-29-28-23(30(26)24-19(36-3)7-6-8-20(24)37-4)14-40(34,35)16(2)25(31)18-11-10-17(27)13-22(18)39(5,32)33/h6-13,16,25,31H,14H2,1-5H3/t16-,25-/m0/s1. The number of aliphatic hydroxyl groups excluding tert-OH is 1. The molecule has 214 valence electrons. The third-order valence-corrected chi connectivity index (χ3v) is 9.79. The van der Waals surface area contributed by atoms with Gasteiger partial charge in [0.2, 0.25) is 5.82 Å². The van der Waals surface area contributed by atoms with Crippen molar-refractivity contribution < 1.29 is 35.8 Å². The van der Waals surface area contributed by atoms with E-state index in [2.05, 4.69) is 10.2 Å². The molecular weight excluding hydrogens is 582 g/mol. The molecule has 0 spiro atoms. The summed E-state index contributed by atoms with van der Waals surface area (Å²) in [6.07, 6.45) is -0.731. The van der Waals surface area contributed by atoms with Crippen LogP contribution in [0.2, 0.25) is 5.02 Å². The second kappa shape index (κ2) is 11.2. The molecule has 0 unspecified atom stereocenters. The number of rotatable bonds is 10. The van der Waals surface area contributed by atoms with Gasteiger partial charge in [-0.25, -0.2) is 16.8 Å². The van der Waals surface area contributed by atoms with Gasteiger partial charge >= 0.3 is 0 Å². The summed E-state index contributed by atoms with van der Waals surface area (Å²) in [5.74, 6) is 1.17. The highest BCUT2D eigenvalue weighted by atomic mass is 35.5. The van der Waals surface area contributed by atoms with E-state index in [4.69, 9.17) is 25.5 Å². The first-order valence-corrected chi connectivity index (χ1v) is 15.9. The van der Waals surface area contributed by atoms with Gasteiger partial charge < -0.3 is 19.0 Å². The molecule has 0 saturated carbocycles. The number of aryl methyl sites for hydroxylation is 1. The number of sulfone groups is 2. The average Bonchev–Trinajstić information content (AvgIpc) is 3.51. The predicted octanol–water partition coefficient (Wildman–Crippen LogP) is 3.95. The summed E-state index contributed by atoms with van der Waals surface area (Å²) in [4.78, 5) is -0.257. The lowest BCUT2D eigenvalue weighted by molar-refractivity contribution is 0.173. The highest BCUT2D eigenvalue weighted by Crippen LogP contribution is 2.38. The summed E-state index contributed by atoms with van der Waals surface area (Å²) in [5.41, 5.74) is 0.264. The molecule has 2 atom stereocenters. The maximum atomic E-state index is 13.7. The Kier molecular flexibility index (Phi) is 8.31. The van der Waals surface area contributed by atoms with Crippen LogP contribution < -0.4 is 9.47 Å². The third-order valence-electron chi connectivity index (χ3n) is 6.35. The number of para-hydroxylation sites is 1. The molecule has 0 fully saturated rings. The van der Waals surface area contributed by atoms with Crippen LogP contribution in [0.15, 0.2) is 57.8 Å². The summed E-state index contributed by atoms with van der Waals surface area (Å²) in [5, 5.41) is 18.2. The molecule has 14 heteroatoms. The average molecular weight is 610 g/mol. The van der Waals surface area contributed by atoms with E-state index >= 15 is 0 Å². The number of halogens is 1. The largest absolute Gasteiger partial charge is 0.494 e. The van der Waals surface area contributed by atoms with Crippen LogP contribution in [0.25, 0.3) is 17.3 Å². The van der Waals surface area contributed by atoms with Gasteiger partial charge in [-0.3, -0.25) is 4.57 Å². The van der Waals surface area contributed by atoms with Crippen LogP contribution in [-0.2, 0) is 25.4 Å². The number of methoxy groups -OCH3 is 2. The number of nitrogens with zero attached hydrogens (tertiary/aromatic N) is 3. The number of aliphatic hydroxyl groups is 1. The highest BCUT2D eigenvalue weighted by Gasteiger charge is 2.35. The zero-order valence-electron chi connectivity index (χ0n) is 22.3. The first-order valence-electron chi connectivity index (χ1n) is 11.9. The zero-order chi connectivity index (χ0) is 29.4. The van der Waals surface area contributed by atoms with E-state index in [0.717, 1.165) is 6.26 Å². The van der Waals surface area contributed by atoms with Gasteiger partial charge in [-0.05, 0) is 50.2 Å². The van der Waals surface area contributed by atoms with Crippen molar-refractivity contribution >= 4 is 31.3 Å². The molecule has 0 bridgehead atoms. The first-order chi connectivity index (χ1) is 18.8. The summed E-state index contributed by atoms with van der Waals surface area (Å²) < 4.78 is 70.4. The van der Waals surface area contributed by atoms with Gasteiger partial charge in [0.15, 0.2) is 31.3 Å². The van der Waals surface area contributed by atoms with Crippen LogP contribution in [-0.4, -0.2) is 62.4 Å². The van der Waals surface area contributed by atoms with E-state index in [1.807, 2.05) is 0 Å². The van der Waals surface area contributed by atoms with Crippen LogP contribution >= 0.6 is 11.6 Å². The summed E-state index contributed by atoms with van der Waals surface area (Å²) in [7, 11) is -5.09. The van der Waals surface area contributed by atoms with Crippen molar-refractivity contribution in [2.45, 2.75) is 35.8 Å². The van der Waals surface area contributed by atoms with E-state index in [9.17, 15) is 21.9 Å². The fourth-order valence-electron chi connectivity index (χ4n) is 4.25. The van der Waals surface area contributed by atoms with Crippen LogP contribution in [0, 0.1) is 6.92 Å². The maximum Gasteiger partial charge on any atom is 0.204 e. The minimum absolute atomic E-state index is 0.00894. The van der Waals surface area contributed by atoms with Gasteiger partial charge in [-0.2, -0.15) is 0 Å². The van der Waals surface area contributed by atoms with Crippen molar-refractivity contribution in [3.63, 3.8) is 0 Å². The van der Waals surface area contributed by atoms with Gasteiger partial charge in [0.05, 0.1) is 30.5 Å². The van der Waals surface area contributed by atoms with E-state index in [1.54, 1.807) is 37.3 Å². The van der Waals surface area contributed by atoms with Gasteiger partial charge in [0, 0.05) is 16.8 Å². The van der Waals surface area contributed by atoms with Gasteiger partial charge in [-0.15, -0.1) is 10.2 Å². The van der Waals surface area contributed by atoms with Crippen LogP contribution in [0.4, 0.5) is 0 Å². The fraction of sp³-hybridized carbons (Fsp3) is 0.308. The smallest absolute Gasteiger partial charge is 0.204 e. The van der Waals surface area contributed by atoms with Crippen LogP contribution in [0.1, 0.15) is 30.2 Å². The van der Waals surface area contributed by atoms with Crippen molar-refractivity contribution in [3.8, 4) is 28.8 Å². The monoisotopic (exact) mass is 609 g/mol. The Bertz CT molecular complexity index is 1740. The Hall–Kier alpha value is -3.39. The molecule has 2 aromatic heterocycles.